The van der Waals surface area contributed by atoms with Crippen LogP contribution in [0, 0.1) is 0 Å². The molecule has 0 spiro atoms. The minimum atomic E-state index is -4.00. The largest absolute Gasteiger partial charge is 0.294 e. The molecule has 0 aliphatic heterocycles. The Bertz CT molecular complexity index is 341. The smallest absolute Gasteiger partial charge is 0.282 e. The number of hydrogen-bond donors (Lipinski definition) is 1. The van der Waals surface area contributed by atoms with E-state index in [0.29, 0.717) is 0 Å². The van der Waals surface area contributed by atoms with Crippen molar-refractivity contribution >= 4 is 10.1 Å². The van der Waals surface area contributed by atoms with Gasteiger partial charge in [0.15, 0.2) is 0 Å². The van der Waals surface area contributed by atoms with Crippen molar-refractivity contribution in [3.63, 3.8) is 0 Å². The van der Waals surface area contributed by atoms with E-state index in [-0.39, 0.29) is 4.90 Å². The van der Waals surface area contributed by atoms with Gasteiger partial charge in [0.2, 0.25) is 0 Å². The summed E-state index contributed by atoms with van der Waals surface area (Å²) in [6, 6.07) is 7.42. The maximum absolute atomic E-state index is 10.4. The van der Waals surface area contributed by atoms with Crippen molar-refractivity contribution in [1.29, 1.82) is 0 Å². The topological polar surface area (TPSA) is 54.4 Å². The van der Waals surface area contributed by atoms with Gasteiger partial charge in [0.1, 0.15) is 0 Å². The molecule has 4 heteroatoms. The zero-order chi connectivity index (χ0) is 11.7. The van der Waals surface area contributed by atoms with Crippen LogP contribution in [0.4, 0.5) is 0 Å². The van der Waals surface area contributed by atoms with E-state index in [1.165, 1.54) is 31.4 Å². The van der Waals surface area contributed by atoms with Crippen LogP contribution in [0.25, 0.3) is 0 Å². The Kier molecular flexibility index (Phi) is 6.99. The molecule has 0 bridgehead atoms. The molecule has 0 radical (unpaired) electrons. The quantitative estimate of drug-likeness (QED) is 0.812. The Balaban J connectivity index is 0.000000336. The molecule has 0 aliphatic rings. The van der Waals surface area contributed by atoms with Crippen molar-refractivity contribution in [3.8, 4) is 0 Å². The highest BCUT2D eigenvalue weighted by molar-refractivity contribution is 7.85. The van der Waals surface area contributed by atoms with Gasteiger partial charge in [-0.3, -0.25) is 4.55 Å². The van der Waals surface area contributed by atoms with E-state index in [0.717, 1.165) is 0 Å². The van der Waals surface area contributed by atoms with Crippen molar-refractivity contribution in [2.75, 3.05) is 0 Å². The lowest BCUT2D eigenvalue weighted by Crippen LogP contribution is -1.96. The molecule has 15 heavy (non-hydrogen) atoms. The third-order valence-electron chi connectivity index (χ3n) is 1.75. The summed E-state index contributed by atoms with van der Waals surface area (Å²) in [6.45, 7) is 4.42. The normalized spacial score (nSPS) is 10.3. The monoisotopic (exact) mass is 230 g/mol. The van der Waals surface area contributed by atoms with E-state index in [9.17, 15) is 8.42 Å². The lowest BCUT2D eigenvalue weighted by Gasteiger charge is -1.92. The fraction of sp³-hybridized carbons (Fsp3) is 0.455. The van der Waals surface area contributed by atoms with E-state index >= 15 is 0 Å². The molecule has 0 saturated carbocycles. The van der Waals surface area contributed by atoms with Gasteiger partial charge < -0.3 is 0 Å². The summed E-state index contributed by atoms with van der Waals surface area (Å²) < 4.78 is 29.2. The van der Waals surface area contributed by atoms with Crippen LogP contribution in [-0.4, -0.2) is 13.0 Å². The average Bonchev–Trinajstić information content (AvgIpc) is 2.20. The van der Waals surface area contributed by atoms with Crippen LogP contribution in [0.1, 0.15) is 33.1 Å². The van der Waals surface area contributed by atoms with E-state index in [1.54, 1.807) is 18.2 Å². The summed E-state index contributed by atoms with van der Waals surface area (Å²) in [6.07, 6.45) is 4.08. The lowest BCUT2D eigenvalue weighted by molar-refractivity contribution is 0.483. The number of hydrogen-bond acceptors (Lipinski definition) is 2. The van der Waals surface area contributed by atoms with Gasteiger partial charge in [-0.05, 0) is 12.1 Å². The Labute approximate surface area is 91.9 Å². The Morgan fingerprint density at radius 2 is 1.53 bits per heavy atom. The molecular formula is C11H18O3S. The highest BCUT2D eigenvalue weighted by atomic mass is 32.2. The molecule has 0 heterocycles. The van der Waals surface area contributed by atoms with Gasteiger partial charge in [-0.15, -0.1) is 0 Å². The predicted molar refractivity (Wildman–Crippen MR) is 61.5 cm³/mol. The van der Waals surface area contributed by atoms with Gasteiger partial charge in [0.05, 0.1) is 4.90 Å². The first kappa shape index (κ1) is 14.1. The van der Waals surface area contributed by atoms with Crippen molar-refractivity contribution in [3.05, 3.63) is 30.3 Å². The molecule has 1 aromatic rings. The van der Waals surface area contributed by atoms with Crippen LogP contribution in [0.3, 0.4) is 0 Å². The van der Waals surface area contributed by atoms with Gasteiger partial charge in [0, 0.05) is 0 Å². The van der Waals surface area contributed by atoms with E-state index in [1.807, 2.05) is 0 Å². The highest BCUT2D eigenvalue weighted by Gasteiger charge is 2.05. The maximum atomic E-state index is 10.4. The number of benzene rings is 1. The van der Waals surface area contributed by atoms with Crippen LogP contribution < -0.4 is 0 Å². The second-order valence-electron chi connectivity index (χ2n) is 3.14. The molecule has 0 aromatic heterocycles. The van der Waals surface area contributed by atoms with Gasteiger partial charge in [-0.25, -0.2) is 0 Å². The molecular weight excluding hydrogens is 212 g/mol. The van der Waals surface area contributed by atoms with Gasteiger partial charge in [0.25, 0.3) is 10.1 Å². The van der Waals surface area contributed by atoms with Crippen LogP contribution in [-0.2, 0) is 10.1 Å². The Hall–Kier alpha value is -0.870. The van der Waals surface area contributed by atoms with Crippen LogP contribution in [0.15, 0.2) is 35.2 Å². The number of unbranched alkanes of at least 4 members (excludes halogenated alkanes) is 2. The van der Waals surface area contributed by atoms with Crippen LogP contribution >= 0.6 is 0 Å². The number of rotatable bonds is 3. The zero-order valence-electron chi connectivity index (χ0n) is 9.18. The van der Waals surface area contributed by atoms with Crippen LogP contribution in [0.2, 0.25) is 0 Å². The first-order valence-electron chi connectivity index (χ1n) is 5.04. The minimum absolute atomic E-state index is 0.0741. The van der Waals surface area contributed by atoms with E-state index < -0.39 is 10.1 Å². The van der Waals surface area contributed by atoms with Gasteiger partial charge in [-0.1, -0.05) is 51.3 Å². The molecule has 1 aromatic carbocycles. The molecule has 0 aliphatic carbocycles. The molecule has 86 valence electrons. The lowest BCUT2D eigenvalue weighted by atomic mass is 10.3. The molecule has 0 unspecified atom stereocenters. The fourth-order valence-electron chi connectivity index (χ4n) is 0.946. The summed E-state index contributed by atoms with van der Waals surface area (Å²) in [5, 5.41) is 0. The van der Waals surface area contributed by atoms with Crippen molar-refractivity contribution in [2.24, 2.45) is 0 Å². The van der Waals surface area contributed by atoms with Crippen molar-refractivity contribution < 1.29 is 13.0 Å². The molecule has 0 fully saturated rings. The summed E-state index contributed by atoms with van der Waals surface area (Å²) in [4.78, 5) is -0.0741. The van der Waals surface area contributed by atoms with Gasteiger partial charge >= 0.3 is 0 Å². The first-order chi connectivity index (χ1) is 7.02. The Morgan fingerprint density at radius 1 is 1.07 bits per heavy atom. The molecule has 1 N–H and O–H groups in total. The van der Waals surface area contributed by atoms with Crippen molar-refractivity contribution in [2.45, 2.75) is 38.0 Å². The third kappa shape index (κ3) is 7.11. The molecule has 0 saturated heterocycles. The zero-order valence-corrected chi connectivity index (χ0v) is 10.00. The second kappa shape index (κ2) is 7.43. The van der Waals surface area contributed by atoms with Gasteiger partial charge in [-0.2, -0.15) is 8.42 Å². The fourth-order valence-corrected chi connectivity index (χ4v) is 1.45. The Morgan fingerprint density at radius 3 is 1.73 bits per heavy atom. The predicted octanol–water partition coefficient (Wildman–Crippen LogP) is 3.13. The standard InChI is InChI=1S/C6H6O3S.C5H12/c7-10(8,9)6-4-2-1-3-5-6;1-3-5-4-2/h1-5H,(H,7,8,9);3-5H2,1-2H3. The summed E-state index contributed by atoms with van der Waals surface area (Å²) in [5.41, 5.74) is 0. The van der Waals surface area contributed by atoms with Crippen LogP contribution in [0.5, 0.6) is 0 Å². The highest BCUT2D eigenvalue weighted by Crippen LogP contribution is 2.05. The molecule has 0 atom stereocenters. The molecule has 1 rings (SSSR count). The van der Waals surface area contributed by atoms with E-state index in [2.05, 4.69) is 13.8 Å². The summed E-state index contributed by atoms with van der Waals surface area (Å²) >= 11 is 0. The molecule has 0 amide bonds. The summed E-state index contributed by atoms with van der Waals surface area (Å²) in [7, 11) is -4.00. The van der Waals surface area contributed by atoms with E-state index in [4.69, 9.17) is 4.55 Å². The average molecular weight is 230 g/mol. The SMILES string of the molecule is CCCCC.O=S(=O)(O)c1ccccc1. The summed E-state index contributed by atoms with van der Waals surface area (Å²) in [5.74, 6) is 0. The first-order valence-corrected chi connectivity index (χ1v) is 6.48. The third-order valence-corrected chi connectivity index (χ3v) is 2.62. The van der Waals surface area contributed by atoms with Crippen molar-refractivity contribution in [1.82, 2.24) is 0 Å². The molecule has 3 nitrogen and oxygen atoms in total. The maximum Gasteiger partial charge on any atom is 0.294 e. The second-order valence-corrected chi connectivity index (χ2v) is 4.56. The minimum Gasteiger partial charge on any atom is -0.282 e.